The molecular formula is C15H14N4O. The highest BCUT2D eigenvalue weighted by Gasteiger charge is 2.10. The zero-order chi connectivity index (χ0) is 14.7. The minimum atomic E-state index is -0.125. The van der Waals surface area contributed by atoms with Crippen LogP contribution < -0.4 is 11.1 Å². The van der Waals surface area contributed by atoms with Gasteiger partial charge in [-0.1, -0.05) is 12.1 Å². The van der Waals surface area contributed by atoms with E-state index in [-0.39, 0.29) is 11.7 Å². The predicted octanol–water partition coefficient (Wildman–Crippen LogP) is 2.47. The molecule has 0 radical (unpaired) electrons. The van der Waals surface area contributed by atoms with Crippen molar-refractivity contribution in [1.82, 2.24) is 4.98 Å². The van der Waals surface area contributed by atoms with Crippen LogP contribution in [0.4, 0.5) is 11.5 Å². The number of rotatable bonds is 2. The molecule has 2 aromatic rings. The molecule has 0 aliphatic rings. The molecule has 5 heteroatoms. The molecular weight excluding hydrogens is 252 g/mol. The summed E-state index contributed by atoms with van der Waals surface area (Å²) in [7, 11) is 0. The Hall–Kier alpha value is -2.87. The third-order valence-electron chi connectivity index (χ3n) is 2.80. The van der Waals surface area contributed by atoms with Crippen LogP contribution in [0.25, 0.3) is 11.1 Å². The first-order chi connectivity index (χ1) is 9.51. The lowest BCUT2D eigenvalue weighted by molar-refractivity contribution is -0.114. The first-order valence-corrected chi connectivity index (χ1v) is 6.06. The zero-order valence-electron chi connectivity index (χ0n) is 11.3. The molecule has 0 saturated heterocycles. The highest BCUT2D eigenvalue weighted by Crippen LogP contribution is 2.28. The van der Waals surface area contributed by atoms with E-state index in [1.54, 1.807) is 12.1 Å². The molecule has 0 atom stereocenters. The van der Waals surface area contributed by atoms with Gasteiger partial charge in [0, 0.05) is 23.9 Å². The third-order valence-corrected chi connectivity index (χ3v) is 2.80. The maximum Gasteiger partial charge on any atom is 0.221 e. The molecule has 0 unspecified atom stereocenters. The Morgan fingerprint density at radius 2 is 2.00 bits per heavy atom. The van der Waals surface area contributed by atoms with Gasteiger partial charge < -0.3 is 11.1 Å². The van der Waals surface area contributed by atoms with Crippen molar-refractivity contribution in [1.29, 1.82) is 5.26 Å². The Morgan fingerprint density at radius 3 is 2.55 bits per heavy atom. The number of benzene rings is 1. The van der Waals surface area contributed by atoms with E-state index in [1.807, 2.05) is 25.1 Å². The Labute approximate surface area is 117 Å². The van der Waals surface area contributed by atoms with Gasteiger partial charge in [0.2, 0.25) is 5.91 Å². The van der Waals surface area contributed by atoms with Gasteiger partial charge in [0.1, 0.15) is 17.5 Å². The van der Waals surface area contributed by atoms with Crippen LogP contribution in [0.15, 0.2) is 30.3 Å². The van der Waals surface area contributed by atoms with Gasteiger partial charge in [-0.2, -0.15) is 5.26 Å². The van der Waals surface area contributed by atoms with Crippen molar-refractivity contribution in [2.24, 2.45) is 0 Å². The number of nitrogen functional groups attached to an aromatic ring is 1. The van der Waals surface area contributed by atoms with E-state index >= 15 is 0 Å². The summed E-state index contributed by atoms with van der Waals surface area (Å²) >= 11 is 0. The average Bonchev–Trinajstić information content (AvgIpc) is 2.38. The molecule has 100 valence electrons. The van der Waals surface area contributed by atoms with Crippen LogP contribution in [0.5, 0.6) is 0 Å². The summed E-state index contributed by atoms with van der Waals surface area (Å²) in [5.74, 6) is 0.105. The fraction of sp³-hybridized carbons (Fsp3) is 0.133. The largest absolute Gasteiger partial charge is 0.383 e. The number of nitrogens with zero attached hydrogens (tertiary/aromatic N) is 2. The normalized spacial score (nSPS) is 9.85. The molecule has 0 saturated carbocycles. The van der Waals surface area contributed by atoms with Crippen LogP contribution in [0, 0.1) is 18.3 Å². The van der Waals surface area contributed by atoms with Gasteiger partial charge >= 0.3 is 0 Å². The number of amides is 1. The van der Waals surface area contributed by atoms with Gasteiger partial charge in [-0.05, 0) is 30.7 Å². The summed E-state index contributed by atoms with van der Waals surface area (Å²) in [5.41, 5.74) is 9.20. The SMILES string of the molecule is CC(=O)Nc1ccc(-c2cc(C)nc(N)c2C#N)cc1. The van der Waals surface area contributed by atoms with E-state index in [9.17, 15) is 10.1 Å². The van der Waals surface area contributed by atoms with E-state index < -0.39 is 0 Å². The smallest absolute Gasteiger partial charge is 0.221 e. The van der Waals surface area contributed by atoms with Crippen molar-refractivity contribution in [2.75, 3.05) is 11.1 Å². The first-order valence-electron chi connectivity index (χ1n) is 6.06. The van der Waals surface area contributed by atoms with E-state index in [1.165, 1.54) is 6.92 Å². The average molecular weight is 266 g/mol. The van der Waals surface area contributed by atoms with E-state index in [4.69, 9.17) is 5.73 Å². The van der Waals surface area contributed by atoms with Gasteiger partial charge in [0.05, 0.1) is 0 Å². The molecule has 0 bridgehead atoms. The lowest BCUT2D eigenvalue weighted by Crippen LogP contribution is -2.05. The topological polar surface area (TPSA) is 91.8 Å². The Balaban J connectivity index is 2.47. The number of carbonyl (C=O) groups is 1. The van der Waals surface area contributed by atoms with Crippen molar-refractivity contribution in [3.8, 4) is 17.2 Å². The van der Waals surface area contributed by atoms with Crippen molar-refractivity contribution in [3.63, 3.8) is 0 Å². The molecule has 3 N–H and O–H groups in total. The molecule has 20 heavy (non-hydrogen) atoms. The number of nitrogens with two attached hydrogens (primary N) is 1. The highest BCUT2D eigenvalue weighted by atomic mass is 16.1. The molecule has 1 heterocycles. The second-order valence-electron chi connectivity index (χ2n) is 4.44. The summed E-state index contributed by atoms with van der Waals surface area (Å²) in [6.45, 7) is 3.28. The first kappa shape index (κ1) is 13.6. The van der Waals surface area contributed by atoms with Crippen LogP contribution in [0.2, 0.25) is 0 Å². The molecule has 0 aliphatic carbocycles. The van der Waals surface area contributed by atoms with Gasteiger partial charge in [-0.25, -0.2) is 4.98 Å². The number of anilines is 2. The second-order valence-corrected chi connectivity index (χ2v) is 4.44. The van der Waals surface area contributed by atoms with Gasteiger partial charge in [-0.15, -0.1) is 0 Å². The lowest BCUT2D eigenvalue weighted by atomic mass is 10.0. The highest BCUT2D eigenvalue weighted by molar-refractivity contribution is 5.89. The third kappa shape index (κ3) is 2.75. The Kier molecular flexibility index (Phi) is 3.67. The fourth-order valence-electron chi connectivity index (χ4n) is 1.98. The summed E-state index contributed by atoms with van der Waals surface area (Å²) in [4.78, 5) is 15.1. The number of hydrogen-bond donors (Lipinski definition) is 2. The quantitative estimate of drug-likeness (QED) is 0.873. The van der Waals surface area contributed by atoms with Crippen molar-refractivity contribution >= 4 is 17.4 Å². The van der Waals surface area contributed by atoms with E-state index in [0.717, 1.165) is 16.8 Å². The number of hydrogen-bond acceptors (Lipinski definition) is 4. The summed E-state index contributed by atoms with van der Waals surface area (Å²) < 4.78 is 0. The number of carbonyl (C=O) groups excluding carboxylic acids is 1. The second kappa shape index (κ2) is 5.41. The number of aryl methyl sites for hydroxylation is 1. The van der Waals surface area contributed by atoms with Gasteiger partial charge in [0.25, 0.3) is 0 Å². The molecule has 1 amide bonds. The molecule has 2 rings (SSSR count). The van der Waals surface area contributed by atoms with Gasteiger partial charge in [-0.3, -0.25) is 4.79 Å². The number of nitrogens with one attached hydrogen (secondary N) is 1. The van der Waals surface area contributed by atoms with E-state index in [2.05, 4.69) is 16.4 Å². The monoisotopic (exact) mass is 266 g/mol. The molecule has 5 nitrogen and oxygen atoms in total. The molecule has 0 aliphatic heterocycles. The summed E-state index contributed by atoms with van der Waals surface area (Å²) in [5, 5.41) is 11.9. The van der Waals surface area contributed by atoms with Crippen LogP contribution in [0.3, 0.4) is 0 Å². The minimum Gasteiger partial charge on any atom is -0.383 e. The van der Waals surface area contributed by atoms with Crippen LogP contribution >= 0.6 is 0 Å². The van der Waals surface area contributed by atoms with Gasteiger partial charge in [0.15, 0.2) is 0 Å². The maximum absolute atomic E-state index is 11.0. The van der Waals surface area contributed by atoms with Crippen molar-refractivity contribution in [2.45, 2.75) is 13.8 Å². The molecule has 1 aromatic heterocycles. The molecule has 0 fully saturated rings. The van der Waals surface area contributed by atoms with E-state index in [0.29, 0.717) is 11.3 Å². The van der Waals surface area contributed by atoms with Crippen LogP contribution in [-0.4, -0.2) is 10.9 Å². The fourth-order valence-corrected chi connectivity index (χ4v) is 1.98. The lowest BCUT2D eigenvalue weighted by Gasteiger charge is -2.09. The maximum atomic E-state index is 11.0. The number of nitriles is 1. The Morgan fingerprint density at radius 1 is 1.35 bits per heavy atom. The van der Waals surface area contributed by atoms with Crippen molar-refractivity contribution < 1.29 is 4.79 Å². The predicted molar refractivity (Wildman–Crippen MR) is 77.8 cm³/mol. The summed E-state index contributed by atoms with van der Waals surface area (Å²) in [6.07, 6.45) is 0. The van der Waals surface area contributed by atoms with Crippen LogP contribution in [0.1, 0.15) is 18.2 Å². The minimum absolute atomic E-state index is 0.125. The number of pyridine rings is 1. The van der Waals surface area contributed by atoms with Crippen molar-refractivity contribution in [3.05, 3.63) is 41.6 Å². The number of aromatic nitrogens is 1. The summed E-state index contributed by atoms with van der Waals surface area (Å²) in [6, 6.07) is 11.1. The molecule has 1 aromatic carbocycles. The zero-order valence-corrected chi connectivity index (χ0v) is 11.3. The Bertz CT molecular complexity index is 699. The standard InChI is InChI=1S/C15H14N4O/c1-9-7-13(14(8-16)15(17)18-9)11-3-5-12(6-4-11)19-10(2)20/h3-7H,1-2H3,(H2,17,18)(H,19,20). The van der Waals surface area contributed by atoms with Crippen LogP contribution in [-0.2, 0) is 4.79 Å². The molecule has 0 spiro atoms.